The molecule has 8 nitrogen and oxygen atoms in total. The molecule has 2 fully saturated rings. The van der Waals surface area contributed by atoms with E-state index in [0.29, 0.717) is 11.8 Å². The van der Waals surface area contributed by atoms with Crippen molar-refractivity contribution in [3.8, 4) is 11.3 Å². The molecule has 2 aliphatic heterocycles. The van der Waals surface area contributed by atoms with E-state index in [2.05, 4.69) is 52.3 Å². The van der Waals surface area contributed by atoms with Gasteiger partial charge in [-0.25, -0.2) is 9.50 Å². The highest BCUT2D eigenvalue weighted by atomic mass is 32.1. The number of rotatable bonds is 5. The third-order valence-electron chi connectivity index (χ3n) is 9.34. The van der Waals surface area contributed by atoms with Crippen LogP contribution in [0.25, 0.3) is 27.1 Å². The molecular formula is C30H38N6O2S. The Balaban J connectivity index is 1.18. The zero-order valence-corrected chi connectivity index (χ0v) is 24.2. The van der Waals surface area contributed by atoms with Crippen LogP contribution in [-0.2, 0) is 22.4 Å². The number of thiophene rings is 1. The predicted octanol–water partition coefficient (Wildman–Crippen LogP) is 4.94. The standard InChI is InChI=1S/C30H38N6O2S/c1-16(2)24-25-17(3)27(18-8-10-35(11-9-18)30(37)23-12-19(38-4)13-31-23)39-29(25)34-26(24)22-14-36-28(32-15-33-36)21-7-5-6-20(21)22/h14-16,18-19,23,31,34H,5-13H2,1-4H3/t19-,23?/m1/s1. The SMILES string of the molecule is CO[C@H]1CNC(C(=O)N2CCC(c3sc4[nH]c(-c5cn6ncnc6c6c5CCC6)c(C(C)C)c4c3C)CC2)C1. The Labute approximate surface area is 233 Å². The molecule has 0 spiro atoms. The van der Waals surface area contributed by atoms with Crippen LogP contribution in [0.15, 0.2) is 12.5 Å². The van der Waals surface area contributed by atoms with Crippen molar-refractivity contribution in [2.24, 2.45) is 0 Å². The number of aromatic amines is 1. The number of hydrogen-bond acceptors (Lipinski definition) is 6. The van der Waals surface area contributed by atoms with Gasteiger partial charge < -0.3 is 19.9 Å². The van der Waals surface area contributed by atoms with E-state index < -0.39 is 0 Å². The van der Waals surface area contributed by atoms with Crippen LogP contribution in [0.4, 0.5) is 0 Å². The van der Waals surface area contributed by atoms with Gasteiger partial charge >= 0.3 is 0 Å². The summed E-state index contributed by atoms with van der Waals surface area (Å²) in [4.78, 5) is 26.4. The highest BCUT2D eigenvalue weighted by Crippen LogP contribution is 2.47. The molecule has 4 aromatic heterocycles. The fraction of sp³-hybridized carbons (Fsp3) is 0.567. The van der Waals surface area contributed by atoms with Crippen molar-refractivity contribution < 1.29 is 9.53 Å². The summed E-state index contributed by atoms with van der Waals surface area (Å²) in [6.45, 7) is 9.36. The van der Waals surface area contributed by atoms with Crippen LogP contribution >= 0.6 is 11.3 Å². The van der Waals surface area contributed by atoms with Gasteiger partial charge in [-0.05, 0) is 74.0 Å². The first-order chi connectivity index (χ1) is 18.9. The maximum absolute atomic E-state index is 13.1. The first-order valence-corrected chi connectivity index (χ1v) is 15.3. The Bertz CT molecular complexity index is 1560. The largest absolute Gasteiger partial charge is 0.380 e. The first-order valence-electron chi connectivity index (χ1n) is 14.5. The van der Waals surface area contributed by atoms with Gasteiger partial charge in [0, 0.05) is 54.3 Å². The molecule has 0 aromatic carbocycles. The molecule has 1 aliphatic carbocycles. The van der Waals surface area contributed by atoms with E-state index in [1.165, 1.54) is 55.0 Å². The number of pyridine rings is 1. The van der Waals surface area contributed by atoms with Crippen LogP contribution in [0.5, 0.6) is 0 Å². The molecule has 7 rings (SSSR count). The number of aromatic nitrogens is 4. The number of hydrogen-bond donors (Lipinski definition) is 2. The molecule has 39 heavy (non-hydrogen) atoms. The number of carbonyl (C=O) groups is 1. The molecule has 9 heteroatoms. The van der Waals surface area contributed by atoms with Crippen molar-refractivity contribution in [3.63, 3.8) is 0 Å². The van der Waals surface area contributed by atoms with Crippen LogP contribution in [0.1, 0.15) is 78.5 Å². The van der Waals surface area contributed by atoms with Crippen LogP contribution in [0, 0.1) is 6.92 Å². The summed E-state index contributed by atoms with van der Waals surface area (Å²) in [5.41, 5.74) is 9.20. The summed E-state index contributed by atoms with van der Waals surface area (Å²) in [6.07, 6.45) is 10.2. The van der Waals surface area contributed by atoms with Crippen molar-refractivity contribution in [1.82, 2.24) is 29.8 Å². The molecule has 4 aromatic rings. The first kappa shape index (κ1) is 25.2. The quantitative estimate of drug-likeness (QED) is 0.370. The Morgan fingerprint density at radius 2 is 2.00 bits per heavy atom. The normalized spacial score (nSPS) is 22.1. The number of ether oxygens (including phenoxy) is 1. The molecule has 1 amide bonds. The number of methoxy groups -OCH3 is 1. The maximum Gasteiger partial charge on any atom is 0.239 e. The van der Waals surface area contributed by atoms with Gasteiger partial charge in [0.05, 0.1) is 17.8 Å². The second-order valence-corrected chi connectivity index (χ2v) is 13.0. The molecule has 0 saturated carbocycles. The highest BCUT2D eigenvalue weighted by Gasteiger charge is 2.35. The van der Waals surface area contributed by atoms with Crippen LogP contribution < -0.4 is 5.32 Å². The fourth-order valence-corrected chi connectivity index (χ4v) is 8.74. The maximum atomic E-state index is 13.1. The van der Waals surface area contributed by atoms with E-state index in [4.69, 9.17) is 4.74 Å². The smallest absolute Gasteiger partial charge is 0.239 e. The average molecular weight is 547 g/mol. The monoisotopic (exact) mass is 546 g/mol. The van der Waals surface area contributed by atoms with Gasteiger partial charge in [0.2, 0.25) is 5.91 Å². The molecule has 6 heterocycles. The average Bonchev–Trinajstić information content (AvgIpc) is 3.76. The van der Waals surface area contributed by atoms with Crippen LogP contribution in [0.2, 0.25) is 0 Å². The van der Waals surface area contributed by atoms with Crippen LogP contribution in [0.3, 0.4) is 0 Å². The van der Waals surface area contributed by atoms with Crippen molar-refractivity contribution in [3.05, 3.63) is 39.7 Å². The highest BCUT2D eigenvalue weighted by molar-refractivity contribution is 7.19. The van der Waals surface area contributed by atoms with E-state index in [-0.39, 0.29) is 18.1 Å². The number of amides is 1. The molecule has 0 bridgehead atoms. The van der Waals surface area contributed by atoms with E-state index in [1.807, 2.05) is 15.9 Å². The topological polar surface area (TPSA) is 87.5 Å². The second-order valence-electron chi connectivity index (χ2n) is 11.9. The molecule has 0 radical (unpaired) electrons. The lowest BCUT2D eigenvalue weighted by molar-refractivity contribution is -0.134. The molecule has 1 unspecified atom stereocenters. The lowest BCUT2D eigenvalue weighted by atomic mass is 9.89. The molecule has 3 aliphatic rings. The number of aryl methyl sites for hydroxylation is 2. The third kappa shape index (κ3) is 4.04. The minimum atomic E-state index is -0.0988. The number of piperidine rings is 1. The van der Waals surface area contributed by atoms with Crippen molar-refractivity contribution in [2.45, 2.75) is 83.3 Å². The van der Waals surface area contributed by atoms with E-state index in [9.17, 15) is 4.79 Å². The number of nitrogens with one attached hydrogen (secondary N) is 2. The number of likely N-dealkylation sites (tertiary alicyclic amines) is 1. The molecule has 2 saturated heterocycles. The lowest BCUT2D eigenvalue weighted by Crippen LogP contribution is -2.46. The Morgan fingerprint density at radius 3 is 2.74 bits per heavy atom. The number of nitrogens with zero attached hydrogens (tertiary/aromatic N) is 4. The summed E-state index contributed by atoms with van der Waals surface area (Å²) in [5, 5.41) is 9.26. The van der Waals surface area contributed by atoms with Gasteiger partial charge in [0.1, 0.15) is 11.2 Å². The summed E-state index contributed by atoms with van der Waals surface area (Å²) < 4.78 is 7.41. The van der Waals surface area contributed by atoms with E-state index >= 15 is 0 Å². The van der Waals surface area contributed by atoms with E-state index in [1.54, 1.807) is 13.4 Å². The zero-order valence-electron chi connectivity index (χ0n) is 23.3. The molecule has 2 atom stereocenters. The summed E-state index contributed by atoms with van der Waals surface area (Å²) in [6, 6.07) is -0.0988. The van der Waals surface area contributed by atoms with Gasteiger partial charge in [-0.15, -0.1) is 11.3 Å². The van der Waals surface area contributed by atoms with Crippen molar-refractivity contribution in [1.29, 1.82) is 0 Å². The van der Waals surface area contributed by atoms with Crippen molar-refractivity contribution in [2.75, 3.05) is 26.7 Å². The minimum absolute atomic E-state index is 0.0988. The Morgan fingerprint density at radius 1 is 1.21 bits per heavy atom. The number of fused-ring (bicyclic) bond motifs is 4. The number of carbonyl (C=O) groups excluding carboxylic acids is 1. The third-order valence-corrected chi connectivity index (χ3v) is 10.7. The zero-order chi connectivity index (χ0) is 26.8. The van der Waals surface area contributed by atoms with Crippen molar-refractivity contribution >= 4 is 33.1 Å². The number of H-pyrrole nitrogens is 1. The Hall–Kier alpha value is -2.75. The summed E-state index contributed by atoms with van der Waals surface area (Å²) in [7, 11) is 1.73. The second kappa shape index (κ2) is 9.71. The lowest BCUT2D eigenvalue weighted by Gasteiger charge is -2.33. The molecule has 206 valence electrons. The van der Waals surface area contributed by atoms with E-state index in [0.717, 1.165) is 57.4 Å². The molecule has 2 N–H and O–H groups in total. The summed E-state index contributed by atoms with van der Waals surface area (Å²) >= 11 is 1.93. The minimum Gasteiger partial charge on any atom is -0.380 e. The van der Waals surface area contributed by atoms with Gasteiger partial charge in [-0.3, -0.25) is 4.79 Å². The van der Waals surface area contributed by atoms with Crippen LogP contribution in [-0.4, -0.2) is 69.3 Å². The fourth-order valence-electron chi connectivity index (χ4n) is 7.35. The Kier molecular flexibility index (Phi) is 6.28. The van der Waals surface area contributed by atoms with Gasteiger partial charge in [-0.1, -0.05) is 13.8 Å². The van der Waals surface area contributed by atoms with Gasteiger partial charge in [0.25, 0.3) is 0 Å². The molecular weight excluding hydrogens is 508 g/mol. The predicted molar refractivity (Wildman–Crippen MR) is 155 cm³/mol. The van der Waals surface area contributed by atoms with Gasteiger partial charge in [0.15, 0.2) is 5.65 Å². The van der Waals surface area contributed by atoms with Gasteiger partial charge in [-0.2, -0.15) is 5.10 Å². The summed E-state index contributed by atoms with van der Waals surface area (Å²) in [5.74, 6) is 1.14.